The number of ketones is 1. The van der Waals surface area contributed by atoms with Gasteiger partial charge in [-0.1, -0.05) is 54.6 Å². The first-order valence-electron chi connectivity index (χ1n) is 9.84. The molecule has 0 bridgehead atoms. The van der Waals surface area contributed by atoms with Crippen molar-refractivity contribution in [2.45, 2.75) is 6.54 Å². The quantitative estimate of drug-likeness (QED) is 0.450. The van der Waals surface area contributed by atoms with Gasteiger partial charge in [0.2, 0.25) is 0 Å². The van der Waals surface area contributed by atoms with Crippen molar-refractivity contribution in [2.75, 3.05) is 25.6 Å². The van der Waals surface area contributed by atoms with Crippen LogP contribution >= 0.6 is 0 Å². The number of anilines is 1. The summed E-state index contributed by atoms with van der Waals surface area (Å²) >= 11 is 0. The summed E-state index contributed by atoms with van der Waals surface area (Å²) in [5.74, 6) is -1.14. The van der Waals surface area contributed by atoms with E-state index in [1.807, 2.05) is 49.3 Å². The molecule has 3 aromatic rings. The highest BCUT2D eigenvalue weighted by atomic mass is 16.5. The van der Waals surface area contributed by atoms with E-state index in [2.05, 4.69) is 5.32 Å². The fourth-order valence-electron chi connectivity index (χ4n) is 2.89. The van der Waals surface area contributed by atoms with E-state index in [0.717, 1.165) is 11.3 Å². The molecular weight excluding hydrogens is 392 g/mol. The van der Waals surface area contributed by atoms with Crippen LogP contribution in [-0.2, 0) is 16.1 Å². The molecule has 3 aromatic carbocycles. The zero-order chi connectivity index (χ0) is 22.2. The molecule has 0 radical (unpaired) electrons. The van der Waals surface area contributed by atoms with E-state index < -0.39 is 5.97 Å². The van der Waals surface area contributed by atoms with Crippen LogP contribution in [0, 0.1) is 0 Å². The highest BCUT2D eigenvalue weighted by Gasteiger charge is 2.13. The lowest BCUT2D eigenvalue weighted by atomic mass is 10.0. The van der Waals surface area contributed by atoms with Gasteiger partial charge in [0.05, 0.1) is 5.56 Å². The van der Waals surface area contributed by atoms with Crippen molar-refractivity contribution < 1.29 is 19.1 Å². The highest BCUT2D eigenvalue weighted by Crippen LogP contribution is 2.13. The predicted molar refractivity (Wildman–Crippen MR) is 119 cm³/mol. The topological polar surface area (TPSA) is 75.7 Å². The number of esters is 1. The summed E-state index contributed by atoms with van der Waals surface area (Å²) in [7, 11) is 3.92. The second-order valence-electron chi connectivity index (χ2n) is 7.19. The molecule has 3 rings (SSSR count). The van der Waals surface area contributed by atoms with Crippen LogP contribution < -0.4 is 10.2 Å². The molecule has 0 saturated heterocycles. The molecule has 0 aliphatic carbocycles. The SMILES string of the molecule is CN(C)c1ccc(CNC(=O)COC(=O)c2ccc(C(=O)c3ccccc3)cc2)cc1. The van der Waals surface area contributed by atoms with Gasteiger partial charge in [-0.05, 0) is 29.8 Å². The van der Waals surface area contributed by atoms with Crippen LogP contribution in [0.4, 0.5) is 5.69 Å². The van der Waals surface area contributed by atoms with Crippen molar-refractivity contribution in [1.29, 1.82) is 0 Å². The van der Waals surface area contributed by atoms with Crippen LogP contribution in [0.3, 0.4) is 0 Å². The minimum atomic E-state index is -0.621. The Kier molecular flexibility index (Phi) is 7.17. The van der Waals surface area contributed by atoms with Crippen molar-refractivity contribution >= 4 is 23.3 Å². The molecule has 1 amide bonds. The lowest BCUT2D eigenvalue weighted by molar-refractivity contribution is -0.124. The number of nitrogens with zero attached hydrogens (tertiary/aromatic N) is 1. The third-order valence-electron chi connectivity index (χ3n) is 4.70. The van der Waals surface area contributed by atoms with Crippen LogP contribution in [0.5, 0.6) is 0 Å². The van der Waals surface area contributed by atoms with Crippen LogP contribution in [0.15, 0.2) is 78.9 Å². The first kappa shape index (κ1) is 21.8. The second-order valence-corrected chi connectivity index (χ2v) is 7.19. The van der Waals surface area contributed by atoms with Gasteiger partial charge in [0.15, 0.2) is 12.4 Å². The number of carbonyl (C=O) groups is 3. The average Bonchev–Trinajstić information content (AvgIpc) is 2.81. The van der Waals surface area contributed by atoms with Crippen LogP contribution in [0.2, 0.25) is 0 Å². The minimum absolute atomic E-state index is 0.126. The summed E-state index contributed by atoms with van der Waals surface area (Å²) in [6, 6.07) is 22.9. The summed E-state index contributed by atoms with van der Waals surface area (Å²) in [5.41, 5.74) is 3.34. The molecule has 0 aliphatic heterocycles. The van der Waals surface area contributed by atoms with Crippen molar-refractivity contribution in [3.8, 4) is 0 Å². The molecule has 0 atom stereocenters. The van der Waals surface area contributed by atoms with Gasteiger partial charge >= 0.3 is 5.97 Å². The summed E-state index contributed by atoms with van der Waals surface area (Å²) in [4.78, 5) is 38.6. The fraction of sp³-hybridized carbons (Fsp3) is 0.160. The smallest absolute Gasteiger partial charge is 0.338 e. The molecule has 6 heteroatoms. The zero-order valence-electron chi connectivity index (χ0n) is 17.5. The molecule has 0 aromatic heterocycles. The Morgan fingerprint density at radius 1 is 0.774 bits per heavy atom. The van der Waals surface area contributed by atoms with Gasteiger partial charge in [0.1, 0.15) is 0 Å². The molecule has 0 saturated carbocycles. The number of hydrogen-bond donors (Lipinski definition) is 1. The number of nitrogens with one attached hydrogen (secondary N) is 1. The van der Waals surface area contributed by atoms with Gasteiger partial charge in [-0.3, -0.25) is 9.59 Å². The van der Waals surface area contributed by atoms with Gasteiger partial charge in [-0.25, -0.2) is 4.79 Å². The zero-order valence-corrected chi connectivity index (χ0v) is 17.5. The van der Waals surface area contributed by atoms with Crippen molar-refractivity contribution in [2.24, 2.45) is 0 Å². The van der Waals surface area contributed by atoms with Gasteiger partial charge in [-0.2, -0.15) is 0 Å². The van der Waals surface area contributed by atoms with Crippen LogP contribution in [0.25, 0.3) is 0 Å². The molecule has 0 unspecified atom stereocenters. The molecule has 6 nitrogen and oxygen atoms in total. The Morgan fingerprint density at radius 2 is 1.35 bits per heavy atom. The second kappa shape index (κ2) is 10.2. The lowest BCUT2D eigenvalue weighted by Crippen LogP contribution is -2.28. The first-order valence-corrected chi connectivity index (χ1v) is 9.84. The van der Waals surface area contributed by atoms with E-state index in [0.29, 0.717) is 17.7 Å². The number of ether oxygens (including phenoxy) is 1. The molecular formula is C25H24N2O4. The summed E-state index contributed by atoms with van der Waals surface area (Å²) in [6.07, 6.45) is 0. The third kappa shape index (κ3) is 6.02. The monoisotopic (exact) mass is 416 g/mol. The number of amides is 1. The molecule has 0 aliphatic rings. The van der Waals surface area contributed by atoms with Crippen molar-refractivity contribution in [1.82, 2.24) is 5.32 Å². The Labute approximate surface area is 181 Å². The van der Waals surface area contributed by atoms with E-state index in [1.54, 1.807) is 36.4 Å². The van der Waals surface area contributed by atoms with Crippen LogP contribution in [-0.4, -0.2) is 38.4 Å². The highest BCUT2D eigenvalue weighted by molar-refractivity contribution is 6.09. The van der Waals surface area contributed by atoms with E-state index in [4.69, 9.17) is 4.74 Å². The number of rotatable bonds is 8. The molecule has 0 fully saturated rings. The van der Waals surface area contributed by atoms with Crippen molar-refractivity contribution in [3.05, 3.63) is 101 Å². The Morgan fingerprint density at radius 3 is 1.97 bits per heavy atom. The minimum Gasteiger partial charge on any atom is -0.452 e. The first-order chi connectivity index (χ1) is 14.9. The molecule has 0 heterocycles. The molecule has 1 N–H and O–H groups in total. The van der Waals surface area contributed by atoms with Gasteiger partial charge < -0.3 is 15.0 Å². The maximum Gasteiger partial charge on any atom is 0.338 e. The van der Waals surface area contributed by atoms with Crippen molar-refractivity contribution in [3.63, 3.8) is 0 Å². The summed E-state index contributed by atoms with van der Waals surface area (Å²) in [6.45, 7) is -0.0281. The van der Waals surface area contributed by atoms with Gasteiger partial charge in [0.25, 0.3) is 5.91 Å². The predicted octanol–water partition coefficient (Wildman–Crippen LogP) is 3.46. The lowest BCUT2D eigenvalue weighted by Gasteiger charge is -2.13. The van der Waals surface area contributed by atoms with E-state index in [-0.39, 0.29) is 23.9 Å². The molecule has 0 spiro atoms. The fourth-order valence-corrected chi connectivity index (χ4v) is 2.89. The normalized spacial score (nSPS) is 10.3. The maximum absolute atomic E-state index is 12.4. The van der Waals surface area contributed by atoms with Crippen LogP contribution in [0.1, 0.15) is 31.8 Å². The molecule has 31 heavy (non-hydrogen) atoms. The third-order valence-corrected chi connectivity index (χ3v) is 4.70. The Hall–Kier alpha value is -3.93. The largest absolute Gasteiger partial charge is 0.452 e. The van der Waals surface area contributed by atoms with E-state index in [1.165, 1.54) is 12.1 Å². The number of carbonyl (C=O) groups excluding carboxylic acids is 3. The van der Waals surface area contributed by atoms with Gasteiger partial charge in [0, 0.05) is 37.5 Å². The number of benzene rings is 3. The summed E-state index contributed by atoms with van der Waals surface area (Å²) in [5, 5.41) is 2.72. The molecule has 158 valence electrons. The average molecular weight is 416 g/mol. The Bertz CT molecular complexity index is 1040. The summed E-state index contributed by atoms with van der Waals surface area (Å²) < 4.78 is 5.07. The standard InChI is InChI=1S/C25H24N2O4/c1-27(2)22-14-8-18(9-15-22)16-26-23(28)17-31-25(30)21-12-10-20(11-13-21)24(29)19-6-4-3-5-7-19/h3-15H,16-17H2,1-2H3,(H,26,28). The number of hydrogen-bond acceptors (Lipinski definition) is 5. The maximum atomic E-state index is 12.4. The van der Waals surface area contributed by atoms with E-state index in [9.17, 15) is 14.4 Å². The van der Waals surface area contributed by atoms with Gasteiger partial charge in [-0.15, -0.1) is 0 Å². The Balaban J connectivity index is 1.47. The van der Waals surface area contributed by atoms with E-state index >= 15 is 0 Å².